The normalized spacial score (nSPS) is 18.5. The highest BCUT2D eigenvalue weighted by Crippen LogP contribution is 2.42. The van der Waals surface area contributed by atoms with E-state index < -0.39 is 20.6 Å². The molecule has 0 spiro atoms. The van der Waals surface area contributed by atoms with Crippen molar-refractivity contribution in [3.63, 3.8) is 0 Å². The SMILES string of the molecule is O=C(c1ccc(-c2ccccc2)cc1)C1(S(=O)(=O)O)CC=Cc2ccccc21. The number of fused-ring (bicyclic) bond motifs is 1. The summed E-state index contributed by atoms with van der Waals surface area (Å²) in [6, 6.07) is 23.2. The molecule has 5 heteroatoms. The number of hydrogen-bond donors (Lipinski definition) is 1. The van der Waals surface area contributed by atoms with Gasteiger partial charge in [-0.15, -0.1) is 0 Å². The topological polar surface area (TPSA) is 71.4 Å². The van der Waals surface area contributed by atoms with Crippen LogP contribution in [0.1, 0.15) is 27.9 Å². The lowest BCUT2D eigenvalue weighted by atomic mass is 9.81. The molecule has 1 unspecified atom stereocenters. The Morgan fingerprint density at radius 1 is 0.821 bits per heavy atom. The van der Waals surface area contributed by atoms with Crippen molar-refractivity contribution in [3.05, 3.63) is 102 Å². The van der Waals surface area contributed by atoms with Crippen molar-refractivity contribution < 1.29 is 17.8 Å². The van der Waals surface area contributed by atoms with Crippen LogP contribution in [0.3, 0.4) is 0 Å². The van der Waals surface area contributed by atoms with E-state index in [4.69, 9.17) is 0 Å². The molecule has 3 aromatic carbocycles. The van der Waals surface area contributed by atoms with Crippen LogP contribution in [0, 0.1) is 0 Å². The van der Waals surface area contributed by atoms with Gasteiger partial charge in [0.25, 0.3) is 10.1 Å². The van der Waals surface area contributed by atoms with Crippen molar-refractivity contribution >= 4 is 22.0 Å². The van der Waals surface area contributed by atoms with Crippen LogP contribution in [0.2, 0.25) is 0 Å². The first-order valence-electron chi connectivity index (χ1n) is 8.87. The Balaban J connectivity index is 1.82. The van der Waals surface area contributed by atoms with Gasteiger partial charge in [0.15, 0.2) is 10.5 Å². The highest BCUT2D eigenvalue weighted by Gasteiger charge is 2.52. The molecule has 4 nitrogen and oxygen atoms in total. The van der Waals surface area contributed by atoms with Gasteiger partial charge >= 0.3 is 0 Å². The molecular formula is C23H18O4S. The number of ketones is 1. The molecule has 0 heterocycles. The van der Waals surface area contributed by atoms with Crippen molar-refractivity contribution in [2.75, 3.05) is 0 Å². The van der Waals surface area contributed by atoms with Gasteiger partial charge in [0, 0.05) is 5.56 Å². The summed E-state index contributed by atoms with van der Waals surface area (Å²) in [5.74, 6) is -0.633. The summed E-state index contributed by atoms with van der Waals surface area (Å²) in [4.78, 5) is 13.4. The minimum atomic E-state index is -4.71. The molecule has 0 saturated carbocycles. The summed E-state index contributed by atoms with van der Waals surface area (Å²) < 4.78 is 33.0. The van der Waals surface area contributed by atoms with Gasteiger partial charge in [-0.1, -0.05) is 91.0 Å². The molecule has 0 fully saturated rings. The summed E-state index contributed by atoms with van der Waals surface area (Å²) in [7, 11) is -4.71. The molecule has 4 rings (SSSR count). The lowest BCUT2D eigenvalue weighted by Crippen LogP contribution is -2.44. The van der Waals surface area contributed by atoms with E-state index in [-0.39, 0.29) is 12.0 Å². The zero-order valence-electron chi connectivity index (χ0n) is 14.9. The van der Waals surface area contributed by atoms with E-state index in [0.717, 1.165) is 11.1 Å². The van der Waals surface area contributed by atoms with Crippen LogP contribution in [-0.2, 0) is 14.9 Å². The fraction of sp³-hybridized carbons (Fsp3) is 0.0870. The van der Waals surface area contributed by atoms with Gasteiger partial charge in [0.1, 0.15) is 0 Å². The maximum Gasteiger partial charge on any atom is 0.282 e. The molecule has 140 valence electrons. The average Bonchev–Trinajstić information content (AvgIpc) is 2.72. The number of hydrogen-bond acceptors (Lipinski definition) is 3. The number of allylic oxidation sites excluding steroid dienone is 1. The van der Waals surface area contributed by atoms with Gasteiger partial charge in [-0.25, -0.2) is 0 Å². The first kappa shape index (κ1) is 18.3. The Morgan fingerprint density at radius 3 is 2.11 bits per heavy atom. The molecule has 1 atom stereocenters. The maximum atomic E-state index is 13.4. The quantitative estimate of drug-likeness (QED) is 0.516. The molecule has 0 aromatic heterocycles. The lowest BCUT2D eigenvalue weighted by Gasteiger charge is -2.32. The third-order valence-electron chi connectivity index (χ3n) is 5.16. The number of carbonyl (C=O) groups is 1. The smallest absolute Gasteiger partial charge is 0.282 e. The molecule has 3 aromatic rings. The molecule has 1 aliphatic rings. The predicted molar refractivity (Wildman–Crippen MR) is 110 cm³/mol. The zero-order chi connectivity index (χ0) is 19.8. The average molecular weight is 390 g/mol. The Bertz CT molecular complexity index is 1160. The fourth-order valence-corrected chi connectivity index (χ4v) is 4.85. The van der Waals surface area contributed by atoms with Crippen molar-refractivity contribution in [3.8, 4) is 11.1 Å². The molecule has 28 heavy (non-hydrogen) atoms. The van der Waals surface area contributed by atoms with Gasteiger partial charge in [0.05, 0.1) is 0 Å². The second-order valence-corrected chi connectivity index (χ2v) is 8.42. The van der Waals surface area contributed by atoms with Crippen molar-refractivity contribution in [2.45, 2.75) is 11.2 Å². The predicted octanol–water partition coefficient (Wildman–Crippen LogP) is 4.74. The molecular weight excluding hydrogens is 372 g/mol. The monoisotopic (exact) mass is 390 g/mol. The number of carbonyl (C=O) groups excluding carboxylic acids is 1. The third kappa shape index (κ3) is 2.89. The van der Waals surface area contributed by atoms with E-state index in [0.29, 0.717) is 11.1 Å². The van der Waals surface area contributed by atoms with E-state index in [9.17, 15) is 17.8 Å². The summed E-state index contributed by atoms with van der Waals surface area (Å²) in [5.41, 5.74) is 3.07. The van der Waals surface area contributed by atoms with Crippen LogP contribution in [0.4, 0.5) is 0 Å². The summed E-state index contributed by atoms with van der Waals surface area (Å²) in [6.45, 7) is 0. The van der Waals surface area contributed by atoms with Crippen LogP contribution in [0.15, 0.2) is 84.9 Å². The van der Waals surface area contributed by atoms with Crippen LogP contribution >= 0.6 is 0 Å². The second-order valence-electron chi connectivity index (χ2n) is 6.77. The van der Waals surface area contributed by atoms with E-state index in [1.165, 1.54) is 0 Å². The van der Waals surface area contributed by atoms with E-state index in [1.807, 2.05) is 30.3 Å². The van der Waals surface area contributed by atoms with E-state index in [1.54, 1.807) is 60.7 Å². The molecule has 0 bridgehead atoms. The lowest BCUT2D eigenvalue weighted by molar-refractivity contribution is 0.0931. The molecule has 1 aliphatic carbocycles. The van der Waals surface area contributed by atoms with Crippen LogP contribution in [0.5, 0.6) is 0 Å². The molecule has 0 amide bonds. The molecule has 0 saturated heterocycles. The molecule has 0 aliphatic heterocycles. The standard InChI is InChI=1S/C23H18O4S/c24-22(20-14-12-18(13-15-20)17-7-2-1-3-8-17)23(28(25,26)27)16-6-10-19-9-4-5-11-21(19)23/h1-15H,16H2,(H,25,26,27). The van der Waals surface area contributed by atoms with E-state index >= 15 is 0 Å². The van der Waals surface area contributed by atoms with Crippen molar-refractivity contribution in [1.82, 2.24) is 0 Å². The van der Waals surface area contributed by atoms with Crippen molar-refractivity contribution in [1.29, 1.82) is 0 Å². The van der Waals surface area contributed by atoms with Crippen molar-refractivity contribution in [2.24, 2.45) is 0 Å². The Morgan fingerprint density at radius 2 is 1.43 bits per heavy atom. The van der Waals surface area contributed by atoms with Crippen LogP contribution < -0.4 is 0 Å². The van der Waals surface area contributed by atoms with Crippen LogP contribution in [0.25, 0.3) is 17.2 Å². The van der Waals surface area contributed by atoms with Gasteiger partial charge < -0.3 is 0 Å². The minimum absolute atomic E-state index is 0.109. The Hall–Kier alpha value is -3.02. The maximum absolute atomic E-state index is 13.4. The highest BCUT2D eigenvalue weighted by atomic mass is 32.2. The van der Waals surface area contributed by atoms with Gasteiger partial charge in [-0.2, -0.15) is 8.42 Å². The first-order valence-corrected chi connectivity index (χ1v) is 10.3. The van der Waals surface area contributed by atoms with Gasteiger partial charge in [-0.05, 0) is 28.7 Å². The summed E-state index contributed by atoms with van der Waals surface area (Å²) >= 11 is 0. The van der Waals surface area contributed by atoms with Gasteiger partial charge in [0.2, 0.25) is 0 Å². The molecule has 0 radical (unpaired) electrons. The van der Waals surface area contributed by atoms with E-state index in [2.05, 4.69) is 0 Å². The second kappa shape index (κ2) is 6.86. The summed E-state index contributed by atoms with van der Waals surface area (Å²) in [6.07, 6.45) is 3.28. The fourth-order valence-electron chi connectivity index (χ4n) is 3.73. The Kier molecular flexibility index (Phi) is 4.49. The van der Waals surface area contributed by atoms with Crippen LogP contribution in [-0.4, -0.2) is 18.8 Å². The van der Waals surface area contributed by atoms with Gasteiger partial charge in [-0.3, -0.25) is 9.35 Å². The number of Topliss-reactive ketones (excluding diaryl/α,β-unsaturated/α-hetero) is 1. The Labute approximate surface area is 163 Å². The zero-order valence-corrected chi connectivity index (χ0v) is 15.8. The first-order chi connectivity index (χ1) is 13.4. The molecule has 1 N–H and O–H groups in total. The summed E-state index contributed by atoms with van der Waals surface area (Å²) in [5, 5.41) is 0. The minimum Gasteiger partial charge on any atom is -0.292 e. The largest absolute Gasteiger partial charge is 0.292 e. The highest BCUT2D eigenvalue weighted by molar-refractivity contribution is 7.87. The number of benzene rings is 3. The number of rotatable bonds is 4. The third-order valence-corrected chi connectivity index (χ3v) is 6.61.